The maximum absolute atomic E-state index is 11.3. The van der Waals surface area contributed by atoms with E-state index in [9.17, 15) is 4.79 Å². The predicted molar refractivity (Wildman–Crippen MR) is 53.0 cm³/mol. The molecule has 0 aromatic heterocycles. The molecule has 3 nitrogen and oxygen atoms in total. The zero-order valence-electron chi connectivity index (χ0n) is 7.17. The van der Waals surface area contributed by atoms with E-state index in [0.29, 0.717) is 17.1 Å². The third-order valence-corrected chi connectivity index (χ3v) is 2.76. The van der Waals surface area contributed by atoms with Crippen LogP contribution in [0.2, 0.25) is 5.02 Å². The summed E-state index contributed by atoms with van der Waals surface area (Å²) in [5, 5.41) is 0.509. The summed E-state index contributed by atoms with van der Waals surface area (Å²) in [6.45, 7) is 0. The summed E-state index contributed by atoms with van der Waals surface area (Å²) in [5.41, 5.74) is 7.86. The fourth-order valence-electron chi connectivity index (χ4n) is 1.52. The highest BCUT2D eigenvalue weighted by atomic mass is 35.5. The Hall–Kier alpha value is -1.22. The Morgan fingerprint density at radius 2 is 2.23 bits per heavy atom. The molecule has 0 saturated heterocycles. The lowest BCUT2D eigenvalue weighted by atomic mass is 10.1. The molecule has 68 valence electrons. The van der Waals surface area contributed by atoms with Gasteiger partial charge in [-0.05, 0) is 12.1 Å². The van der Waals surface area contributed by atoms with Crippen molar-refractivity contribution in [1.82, 2.24) is 0 Å². The molecule has 0 atom stereocenters. The van der Waals surface area contributed by atoms with E-state index in [1.807, 2.05) is 6.07 Å². The lowest BCUT2D eigenvalue weighted by molar-refractivity contribution is -0.117. The lowest BCUT2D eigenvalue weighted by Crippen LogP contribution is -2.20. The Kier molecular flexibility index (Phi) is 1.70. The van der Waals surface area contributed by atoms with Crippen LogP contribution in [0.25, 0.3) is 0 Å². The highest BCUT2D eigenvalue weighted by Gasteiger charge is 2.26. The molecule has 0 aliphatic carbocycles. The first-order chi connectivity index (χ1) is 6.11. The highest BCUT2D eigenvalue weighted by molar-refractivity contribution is 6.35. The molecule has 0 fully saturated rings. The van der Waals surface area contributed by atoms with Crippen molar-refractivity contribution in [2.24, 2.45) is 0 Å². The van der Waals surface area contributed by atoms with E-state index in [2.05, 4.69) is 0 Å². The van der Waals surface area contributed by atoms with E-state index in [-0.39, 0.29) is 5.91 Å². The molecule has 13 heavy (non-hydrogen) atoms. The molecule has 2 rings (SSSR count). The van der Waals surface area contributed by atoms with Crippen LogP contribution in [-0.4, -0.2) is 13.0 Å². The number of carbonyl (C=O) groups excluding carboxylic acids is 1. The summed E-state index contributed by atoms with van der Waals surface area (Å²) in [5.74, 6) is 0.0579. The van der Waals surface area contributed by atoms with Gasteiger partial charge in [-0.2, -0.15) is 0 Å². The Morgan fingerprint density at radius 1 is 1.54 bits per heavy atom. The number of nitrogens with zero attached hydrogens (tertiary/aromatic N) is 1. The van der Waals surface area contributed by atoms with Gasteiger partial charge in [0.15, 0.2) is 0 Å². The number of anilines is 2. The van der Waals surface area contributed by atoms with Crippen LogP contribution < -0.4 is 10.6 Å². The van der Waals surface area contributed by atoms with Gasteiger partial charge in [-0.3, -0.25) is 4.79 Å². The van der Waals surface area contributed by atoms with Crippen molar-refractivity contribution in [3.8, 4) is 0 Å². The normalized spacial score (nSPS) is 14.9. The Balaban J connectivity index is 2.64. The second-order valence-corrected chi connectivity index (χ2v) is 3.47. The predicted octanol–water partition coefficient (Wildman–Crippen LogP) is 1.44. The number of carbonyl (C=O) groups is 1. The number of likely N-dealkylation sites (N-methyl/N-ethyl adjacent to an activating group) is 1. The van der Waals surface area contributed by atoms with Gasteiger partial charge in [0.25, 0.3) is 0 Å². The average Bonchev–Trinajstić information content (AvgIpc) is 2.38. The number of nitrogens with two attached hydrogens (primary N) is 1. The lowest BCUT2D eigenvalue weighted by Gasteiger charge is -2.10. The van der Waals surface area contributed by atoms with Gasteiger partial charge in [0.05, 0.1) is 17.1 Å². The smallest absolute Gasteiger partial charge is 0.231 e. The van der Waals surface area contributed by atoms with Crippen LogP contribution >= 0.6 is 11.6 Å². The van der Waals surface area contributed by atoms with Crippen LogP contribution in [0.5, 0.6) is 0 Å². The number of hydrogen-bond acceptors (Lipinski definition) is 2. The topological polar surface area (TPSA) is 46.3 Å². The van der Waals surface area contributed by atoms with E-state index >= 15 is 0 Å². The maximum Gasteiger partial charge on any atom is 0.231 e. The second kappa shape index (κ2) is 2.64. The second-order valence-electron chi connectivity index (χ2n) is 3.10. The largest absolute Gasteiger partial charge is 0.398 e. The SMILES string of the molecule is CN1C(=O)Cc2c1ccc(N)c2Cl. The Morgan fingerprint density at radius 3 is 2.92 bits per heavy atom. The van der Waals surface area contributed by atoms with Crippen LogP contribution in [0, 0.1) is 0 Å². The first-order valence-corrected chi connectivity index (χ1v) is 4.32. The van der Waals surface area contributed by atoms with E-state index in [1.54, 1.807) is 18.0 Å². The summed E-state index contributed by atoms with van der Waals surface area (Å²) >= 11 is 5.97. The maximum atomic E-state index is 11.3. The molecule has 0 bridgehead atoms. The zero-order valence-corrected chi connectivity index (χ0v) is 7.93. The fourth-order valence-corrected chi connectivity index (χ4v) is 1.74. The Labute approximate surface area is 81.1 Å². The minimum atomic E-state index is 0.0579. The standard InChI is InChI=1S/C9H9ClN2O/c1-12-7-3-2-6(11)9(10)5(7)4-8(12)13/h2-3H,4,11H2,1H3. The van der Waals surface area contributed by atoms with Crippen molar-refractivity contribution in [1.29, 1.82) is 0 Å². The third-order valence-electron chi connectivity index (χ3n) is 2.31. The molecule has 1 aromatic carbocycles. The molecular weight excluding hydrogens is 188 g/mol. The Bertz CT molecular complexity index is 389. The van der Waals surface area contributed by atoms with Crippen molar-refractivity contribution in [3.05, 3.63) is 22.7 Å². The van der Waals surface area contributed by atoms with Gasteiger partial charge in [0.2, 0.25) is 5.91 Å². The first-order valence-electron chi connectivity index (χ1n) is 3.94. The van der Waals surface area contributed by atoms with Gasteiger partial charge in [0.1, 0.15) is 0 Å². The van der Waals surface area contributed by atoms with Gasteiger partial charge in [0, 0.05) is 18.3 Å². The van der Waals surface area contributed by atoms with Crippen LogP contribution in [-0.2, 0) is 11.2 Å². The van der Waals surface area contributed by atoms with Gasteiger partial charge < -0.3 is 10.6 Å². The minimum absolute atomic E-state index is 0.0579. The van der Waals surface area contributed by atoms with Crippen molar-refractivity contribution < 1.29 is 4.79 Å². The molecule has 0 saturated carbocycles. The van der Waals surface area contributed by atoms with Crippen molar-refractivity contribution in [2.75, 3.05) is 17.7 Å². The number of amides is 1. The van der Waals surface area contributed by atoms with Crippen LogP contribution in [0.1, 0.15) is 5.56 Å². The van der Waals surface area contributed by atoms with Crippen LogP contribution in [0.3, 0.4) is 0 Å². The van der Waals surface area contributed by atoms with E-state index in [0.717, 1.165) is 11.3 Å². The number of halogens is 1. The molecule has 2 N–H and O–H groups in total. The number of fused-ring (bicyclic) bond motifs is 1. The summed E-state index contributed by atoms with van der Waals surface area (Å²) in [7, 11) is 1.74. The number of rotatable bonds is 0. The summed E-state index contributed by atoms with van der Waals surface area (Å²) in [6, 6.07) is 3.54. The highest BCUT2D eigenvalue weighted by Crippen LogP contribution is 2.36. The van der Waals surface area contributed by atoms with Crippen molar-refractivity contribution in [3.63, 3.8) is 0 Å². The summed E-state index contributed by atoms with van der Waals surface area (Å²) in [4.78, 5) is 12.9. The fraction of sp³-hybridized carbons (Fsp3) is 0.222. The minimum Gasteiger partial charge on any atom is -0.398 e. The number of hydrogen-bond donors (Lipinski definition) is 1. The monoisotopic (exact) mass is 196 g/mol. The van der Waals surface area contributed by atoms with Crippen molar-refractivity contribution in [2.45, 2.75) is 6.42 Å². The van der Waals surface area contributed by atoms with Gasteiger partial charge >= 0.3 is 0 Å². The zero-order chi connectivity index (χ0) is 9.59. The van der Waals surface area contributed by atoms with Gasteiger partial charge in [-0.25, -0.2) is 0 Å². The van der Waals surface area contributed by atoms with Crippen LogP contribution in [0.15, 0.2) is 12.1 Å². The van der Waals surface area contributed by atoms with Gasteiger partial charge in [-0.1, -0.05) is 11.6 Å². The number of benzene rings is 1. The molecular formula is C9H9ClN2O. The summed E-state index contributed by atoms with van der Waals surface area (Å²) < 4.78 is 0. The number of nitrogen functional groups attached to an aromatic ring is 1. The molecule has 0 unspecified atom stereocenters. The first kappa shape index (κ1) is 8.38. The molecule has 1 aliphatic rings. The van der Waals surface area contributed by atoms with E-state index in [4.69, 9.17) is 17.3 Å². The molecule has 1 aromatic rings. The average molecular weight is 197 g/mol. The van der Waals surface area contributed by atoms with Gasteiger partial charge in [-0.15, -0.1) is 0 Å². The summed E-state index contributed by atoms with van der Waals surface area (Å²) in [6.07, 6.45) is 0.357. The van der Waals surface area contributed by atoms with E-state index < -0.39 is 0 Å². The molecule has 1 aliphatic heterocycles. The van der Waals surface area contributed by atoms with Crippen LogP contribution in [0.4, 0.5) is 11.4 Å². The molecule has 4 heteroatoms. The molecule has 0 spiro atoms. The quantitative estimate of drug-likeness (QED) is 0.639. The molecule has 1 heterocycles. The third kappa shape index (κ3) is 1.08. The van der Waals surface area contributed by atoms with E-state index in [1.165, 1.54) is 0 Å². The molecule has 0 radical (unpaired) electrons. The molecule has 1 amide bonds. The van der Waals surface area contributed by atoms with Crippen molar-refractivity contribution >= 4 is 28.9 Å².